The first kappa shape index (κ1) is 24.0. The second-order valence-corrected chi connectivity index (χ2v) is 8.56. The maximum atomic E-state index is 13.5. The van der Waals surface area contributed by atoms with E-state index in [1.54, 1.807) is 0 Å². The lowest BCUT2D eigenvalue weighted by Gasteiger charge is -2.34. The molecule has 178 valence electrons. The number of aryl methyl sites for hydroxylation is 1. The zero-order chi connectivity index (χ0) is 24.5. The SMILES string of the molecule is Cc1cc(=O)c(C(=O)N2CCN(Cc3ccc(Cl)cc3)CC2)nn1-c1ccccc1C(F)(F)F. The van der Waals surface area contributed by atoms with Crippen LogP contribution in [0, 0.1) is 6.92 Å². The molecule has 0 unspecified atom stereocenters. The van der Waals surface area contributed by atoms with Crippen molar-refractivity contribution in [2.75, 3.05) is 26.2 Å². The molecule has 0 bridgehead atoms. The van der Waals surface area contributed by atoms with Gasteiger partial charge in [-0.15, -0.1) is 0 Å². The summed E-state index contributed by atoms with van der Waals surface area (Å²) in [5.41, 5.74) is -0.861. The van der Waals surface area contributed by atoms with Crippen molar-refractivity contribution in [2.24, 2.45) is 0 Å². The lowest BCUT2D eigenvalue weighted by molar-refractivity contribution is -0.137. The van der Waals surface area contributed by atoms with Crippen molar-refractivity contribution in [1.29, 1.82) is 0 Å². The highest BCUT2D eigenvalue weighted by molar-refractivity contribution is 6.30. The molecule has 1 aliphatic heterocycles. The number of carbonyl (C=O) groups is 1. The van der Waals surface area contributed by atoms with Crippen molar-refractivity contribution in [2.45, 2.75) is 19.6 Å². The topological polar surface area (TPSA) is 58.4 Å². The van der Waals surface area contributed by atoms with E-state index < -0.39 is 28.8 Å². The van der Waals surface area contributed by atoms with Gasteiger partial charge in [-0.05, 0) is 36.8 Å². The van der Waals surface area contributed by atoms with Crippen molar-refractivity contribution in [3.8, 4) is 5.69 Å². The van der Waals surface area contributed by atoms with Gasteiger partial charge in [0.15, 0.2) is 5.69 Å². The van der Waals surface area contributed by atoms with Gasteiger partial charge in [0.25, 0.3) is 5.91 Å². The van der Waals surface area contributed by atoms with Gasteiger partial charge in [0, 0.05) is 49.5 Å². The fourth-order valence-electron chi connectivity index (χ4n) is 3.94. The lowest BCUT2D eigenvalue weighted by atomic mass is 10.1. The van der Waals surface area contributed by atoms with Gasteiger partial charge in [0.05, 0.1) is 11.3 Å². The summed E-state index contributed by atoms with van der Waals surface area (Å²) in [7, 11) is 0. The number of halogens is 4. The molecule has 0 spiro atoms. The number of piperazine rings is 1. The molecule has 2 aromatic carbocycles. The van der Waals surface area contributed by atoms with Crippen LogP contribution in [0.3, 0.4) is 0 Å². The van der Waals surface area contributed by atoms with E-state index in [2.05, 4.69) is 10.00 Å². The van der Waals surface area contributed by atoms with Crippen LogP contribution >= 0.6 is 11.6 Å². The van der Waals surface area contributed by atoms with Gasteiger partial charge in [-0.1, -0.05) is 35.9 Å². The predicted octanol–water partition coefficient (Wildman–Crippen LogP) is 4.17. The number of aromatic nitrogens is 2. The first-order chi connectivity index (χ1) is 16.1. The molecule has 2 heterocycles. The van der Waals surface area contributed by atoms with Crippen molar-refractivity contribution in [3.05, 3.63) is 92.4 Å². The van der Waals surface area contributed by atoms with E-state index in [4.69, 9.17) is 11.6 Å². The Kier molecular flexibility index (Phi) is 6.77. The van der Waals surface area contributed by atoms with Crippen LogP contribution in [0.25, 0.3) is 5.69 Å². The van der Waals surface area contributed by atoms with Crippen LogP contribution in [-0.4, -0.2) is 51.7 Å². The fraction of sp³-hybridized carbons (Fsp3) is 0.292. The molecule has 1 amide bonds. The van der Waals surface area contributed by atoms with Gasteiger partial charge in [-0.25, -0.2) is 4.68 Å². The van der Waals surface area contributed by atoms with Gasteiger partial charge in [0.1, 0.15) is 0 Å². The van der Waals surface area contributed by atoms with Crippen LogP contribution in [0.1, 0.15) is 27.3 Å². The fourth-order valence-corrected chi connectivity index (χ4v) is 4.07. The van der Waals surface area contributed by atoms with Gasteiger partial charge >= 0.3 is 6.18 Å². The summed E-state index contributed by atoms with van der Waals surface area (Å²) in [4.78, 5) is 29.3. The minimum Gasteiger partial charge on any atom is -0.335 e. The van der Waals surface area contributed by atoms with E-state index in [0.29, 0.717) is 37.7 Å². The lowest BCUT2D eigenvalue weighted by Crippen LogP contribution is -2.49. The molecular weight excluding hydrogens is 469 g/mol. The molecule has 34 heavy (non-hydrogen) atoms. The maximum Gasteiger partial charge on any atom is 0.418 e. The van der Waals surface area contributed by atoms with E-state index in [-0.39, 0.29) is 11.4 Å². The van der Waals surface area contributed by atoms with Crippen LogP contribution < -0.4 is 5.43 Å². The third-order valence-corrected chi connectivity index (χ3v) is 5.98. The Bertz CT molecular complexity index is 1250. The monoisotopic (exact) mass is 490 g/mol. The standard InChI is InChI=1S/C24H22ClF3N4O2/c1-16-14-21(33)22(29-32(16)20-5-3-2-4-19(20)24(26,27)28)23(34)31-12-10-30(11-13-31)15-17-6-8-18(25)9-7-17/h2-9,14H,10-13,15H2,1H3. The summed E-state index contributed by atoms with van der Waals surface area (Å²) in [6.07, 6.45) is -4.61. The summed E-state index contributed by atoms with van der Waals surface area (Å²) in [5, 5.41) is 4.73. The number of amides is 1. The molecule has 1 aromatic heterocycles. The Labute approximate surface area is 199 Å². The molecule has 4 rings (SSSR count). The van der Waals surface area contributed by atoms with Crippen LogP contribution in [0.4, 0.5) is 13.2 Å². The van der Waals surface area contributed by atoms with Crippen LogP contribution in [0.15, 0.2) is 59.4 Å². The van der Waals surface area contributed by atoms with Crippen molar-refractivity contribution in [1.82, 2.24) is 19.6 Å². The molecule has 0 saturated carbocycles. The number of alkyl halides is 3. The molecule has 1 saturated heterocycles. The molecule has 0 aliphatic carbocycles. The van der Waals surface area contributed by atoms with E-state index >= 15 is 0 Å². The van der Waals surface area contributed by atoms with Gasteiger partial charge in [-0.2, -0.15) is 18.3 Å². The smallest absolute Gasteiger partial charge is 0.335 e. The first-order valence-corrected chi connectivity index (χ1v) is 11.0. The van der Waals surface area contributed by atoms with Gasteiger partial charge in [-0.3, -0.25) is 14.5 Å². The zero-order valence-corrected chi connectivity index (χ0v) is 19.1. The summed E-state index contributed by atoms with van der Waals surface area (Å²) >= 11 is 5.92. The second kappa shape index (κ2) is 9.60. The van der Waals surface area contributed by atoms with Gasteiger partial charge < -0.3 is 4.90 Å². The number of benzene rings is 2. The van der Waals surface area contributed by atoms with Crippen molar-refractivity contribution >= 4 is 17.5 Å². The maximum absolute atomic E-state index is 13.5. The quantitative estimate of drug-likeness (QED) is 0.551. The normalized spacial score (nSPS) is 14.9. The molecule has 0 N–H and O–H groups in total. The molecule has 1 fully saturated rings. The Hall–Kier alpha value is -3.17. The van der Waals surface area contributed by atoms with Crippen LogP contribution in [-0.2, 0) is 12.7 Å². The minimum absolute atomic E-state index is 0.200. The van der Waals surface area contributed by atoms with E-state index in [1.807, 2.05) is 24.3 Å². The Morgan fingerprint density at radius 3 is 2.32 bits per heavy atom. The first-order valence-electron chi connectivity index (χ1n) is 10.7. The summed E-state index contributed by atoms with van der Waals surface area (Å²) in [6, 6.07) is 13.6. The molecule has 10 heteroatoms. The zero-order valence-electron chi connectivity index (χ0n) is 18.3. The number of hydrogen-bond donors (Lipinski definition) is 0. The molecular formula is C24H22ClF3N4O2. The van der Waals surface area contributed by atoms with Crippen molar-refractivity contribution < 1.29 is 18.0 Å². The minimum atomic E-state index is -4.61. The number of hydrogen-bond acceptors (Lipinski definition) is 4. The summed E-state index contributed by atoms with van der Waals surface area (Å²) < 4.78 is 41.6. The van der Waals surface area contributed by atoms with Crippen LogP contribution in [0.5, 0.6) is 0 Å². The number of nitrogens with zero attached hydrogens (tertiary/aromatic N) is 4. The second-order valence-electron chi connectivity index (χ2n) is 8.12. The number of carbonyl (C=O) groups excluding carboxylic acids is 1. The predicted molar refractivity (Wildman–Crippen MR) is 122 cm³/mol. The van der Waals surface area contributed by atoms with Crippen molar-refractivity contribution in [3.63, 3.8) is 0 Å². The molecule has 6 nitrogen and oxygen atoms in total. The van der Waals surface area contributed by atoms with E-state index in [0.717, 1.165) is 22.4 Å². The Balaban J connectivity index is 1.54. The highest BCUT2D eigenvalue weighted by Crippen LogP contribution is 2.33. The molecule has 0 atom stereocenters. The third kappa shape index (κ3) is 5.15. The summed E-state index contributed by atoms with van der Waals surface area (Å²) in [6.45, 7) is 4.10. The van der Waals surface area contributed by atoms with E-state index in [9.17, 15) is 22.8 Å². The Morgan fingerprint density at radius 1 is 1.03 bits per heavy atom. The molecule has 0 radical (unpaired) electrons. The number of para-hydroxylation sites is 1. The molecule has 1 aliphatic rings. The largest absolute Gasteiger partial charge is 0.418 e. The number of rotatable bonds is 4. The molecule has 3 aromatic rings. The van der Waals surface area contributed by atoms with E-state index in [1.165, 1.54) is 30.0 Å². The highest BCUT2D eigenvalue weighted by Gasteiger charge is 2.34. The summed E-state index contributed by atoms with van der Waals surface area (Å²) in [5.74, 6) is -0.589. The average molecular weight is 491 g/mol. The third-order valence-electron chi connectivity index (χ3n) is 5.73. The average Bonchev–Trinajstić information content (AvgIpc) is 2.80. The Morgan fingerprint density at radius 2 is 1.68 bits per heavy atom. The highest BCUT2D eigenvalue weighted by atomic mass is 35.5. The van der Waals surface area contributed by atoms with Gasteiger partial charge in [0.2, 0.25) is 5.43 Å². The van der Waals surface area contributed by atoms with Crippen LogP contribution in [0.2, 0.25) is 5.02 Å².